The maximum absolute atomic E-state index is 14.7. The highest BCUT2D eigenvalue weighted by atomic mass is 35.5. The van der Waals surface area contributed by atoms with E-state index in [0.717, 1.165) is 11.0 Å². The summed E-state index contributed by atoms with van der Waals surface area (Å²) in [5, 5.41) is 2.60. The van der Waals surface area contributed by atoms with Gasteiger partial charge in [-0.2, -0.15) is 13.2 Å². The molecule has 2 amide bonds. The lowest BCUT2D eigenvalue weighted by Gasteiger charge is -2.25. The topological polar surface area (TPSA) is 110 Å². The number of amides is 2. The number of alkyl halides is 3. The van der Waals surface area contributed by atoms with Gasteiger partial charge in [0.25, 0.3) is 5.91 Å². The summed E-state index contributed by atoms with van der Waals surface area (Å²) in [6.07, 6.45) is -5.97. The van der Waals surface area contributed by atoms with Crippen LogP contribution >= 0.6 is 11.6 Å². The highest BCUT2D eigenvalue weighted by Crippen LogP contribution is 2.34. The van der Waals surface area contributed by atoms with Crippen molar-refractivity contribution in [2.24, 2.45) is 5.73 Å². The first-order chi connectivity index (χ1) is 15.8. The second kappa shape index (κ2) is 9.88. The predicted octanol–water partition coefficient (Wildman–Crippen LogP) is 3.20. The number of fused-ring (bicyclic) bond motifs is 1. The van der Waals surface area contributed by atoms with Crippen LogP contribution in [0.15, 0.2) is 41.3 Å². The Morgan fingerprint density at radius 3 is 2.47 bits per heavy atom. The lowest BCUT2D eigenvalue weighted by atomic mass is 10.1. The van der Waals surface area contributed by atoms with Crippen LogP contribution in [0.25, 0.3) is 0 Å². The lowest BCUT2D eigenvalue weighted by Crippen LogP contribution is -2.45. The Morgan fingerprint density at radius 1 is 1.21 bits per heavy atom. The minimum Gasteiger partial charge on any atom is -0.352 e. The van der Waals surface area contributed by atoms with Crippen LogP contribution in [0, 0.1) is 5.82 Å². The van der Waals surface area contributed by atoms with Gasteiger partial charge in [0.15, 0.2) is 9.84 Å². The zero-order valence-corrected chi connectivity index (χ0v) is 19.1. The third-order valence-corrected chi connectivity index (χ3v) is 7.12. The van der Waals surface area contributed by atoms with Gasteiger partial charge in [-0.05, 0) is 36.2 Å². The van der Waals surface area contributed by atoms with E-state index >= 15 is 0 Å². The first kappa shape index (κ1) is 25.9. The molecule has 0 aromatic heterocycles. The molecule has 0 fully saturated rings. The molecule has 184 valence electrons. The van der Waals surface area contributed by atoms with Gasteiger partial charge in [-0.25, -0.2) is 12.8 Å². The van der Waals surface area contributed by atoms with Crippen molar-refractivity contribution >= 4 is 38.9 Å². The molecule has 1 aliphatic heterocycles. The van der Waals surface area contributed by atoms with E-state index in [-0.39, 0.29) is 18.8 Å². The summed E-state index contributed by atoms with van der Waals surface area (Å²) in [6, 6.07) is 6.38. The van der Waals surface area contributed by atoms with Crippen LogP contribution in [-0.2, 0) is 21.2 Å². The first-order valence-electron chi connectivity index (χ1n) is 10.0. The molecule has 1 aliphatic rings. The Hall–Kier alpha value is -2.70. The maximum atomic E-state index is 14.7. The Kier molecular flexibility index (Phi) is 7.53. The van der Waals surface area contributed by atoms with Crippen LogP contribution in [-0.4, -0.2) is 44.7 Å². The number of rotatable bonds is 6. The third-order valence-electron chi connectivity index (χ3n) is 5.08. The Labute approximate surface area is 197 Å². The van der Waals surface area contributed by atoms with E-state index < -0.39 is 68.7 Å². The normalized spacial score (nSPS) is 17.8. The van der Waals surface area contributed by atoms with E-state index in [1.165, 1.54) is 0 Å². The lowest BCUT2D eigenvalue weighted by molar-refractivity contribution is -0.135. The average molecular weight is 522 g/mol. The van der Waals surface area contributed by atoms with Gasteiger partial charge in [-0.3, -0.25) is 9.59 Å². The van der Waals surface area contributed by atoms with Crippen molar-refractivity contribution in [3.8, 4) is 0 Å². The van der Waals surface area contributed by atoms with Gasteiger partial charge in [-0.15, -0.1) is 0 Å². The minimum atomic E-state index is -4.41. The number of halogens is 5. The van der Waals surface area contributed by atoms with Crippen molar-refractivity contribution in [2.45, 2.75) is 36.5 Å². The monoisotopic (exact) mass is 521 g/mol. The Balaban J connectivity index is 1.99. The molecule has 34 heavy (non-hydrogen) atoms. The van der Waals surface area contributed by atoms with Crippen molar-refractivity contribution < 1.29 is 35.6 Å². The summed E-state index contributed by atoms with van der Waals surface area (Å²) in [5.74, 6) is -3.78. The van der Waals surface area contributed by atoms with E-state index in [0.29, 0.717) is 16.7 Å². The van der Waals surface area contributed by atoms with Crippen LogP contribution in [0.4, 0.5) is 23.2 Å². The highest BCUT2D eigenvalue weighted by Gasteiger charge is 2.37. The number of sulfone groups is 1. The molecule has 0 saturated heterocycles. The SMILES string of the molecule is N[C@H]1CS(=O)(=O)c2cc(F)c(C(=O)NCCCC(F)(F)F)cc2N(Cc2ccc(Cl)cc2)C1=O. The summed E-state index contributed by atoms with van der Waals surface area (Å²) in [6.45, 7) is -0.532. The predicted molar refractivity (Wildman–Crippen MR) is 117 cm³/mol. The third kappa shape index (κ3) is 6.05. The van der Waals surface area contributed by atoms with Crippen LogP contribution in [0.5, 0.6) is 0 Å². The molecule has 13 heteroatoms. The zero-order chi connectivity index (χ0) is 25.3. The van der Waals surface area contributed by atoms with Gasteiger partial charge in [0, 0.05) is 18.0 Å². The number of carbonyl (C=O) groups is 2. The quantitative estimate of drug-likeness (QED) is 0.448. The second-order valence-electron chi connectivity index (χ2n) is 7.71. The molecular weight excluding hydrogens is 502 g/mol. The van der Waals surface area contributed by atoms with Crippen LogP contribution in [0.3, 0.4) is 0 Å². The molecule has 1 atom stereocenters. The van der Waals surface area contributed by atoms with Gasteiger partial charge in [0.1, 0.15) is 5.82 Å². The van der Waals surface area contributed by atoms with Gasteiger partial charge in [0.2, 0.25) is 5.91 Å². The number of nitrogens with zero attached hydrogens (tertiary/aromatic N) is 1. The molecule has 0 bridgehead atoms. The standard InChI is InChI=1S/C21H20ClF4N3O4S/c22-13-4-2-12(3-5-13)10-29-17-8-14(19(30)28-7-1-6-21(24,25)26)15(23)9-18(17)34(32,33)11-16(27)20(29)31/h2-5,8-9,16H,1,6-7,10-11,27H2,(H,28,30)/t16-/m0/s1. The number of anilines is 1. The molecule has 0 spiro atoms. The van der Waals surface area contributed by atoms with Crippen molar-refractivity contribution in [3.05, 3.63) is 58.4 Å². The average Bonchev–Trinajstić information content (AvgIpc) is 2.80. The number of nitrogens with two attached hydrogens (primary N) is 1. The van der Waals surface area contributed by atoms with Gasteiger partial charge in [-0.1, -0.05) is 23.7 Å². The molecule has 0 saturated carbocycles. The Bertz CT molecular complexity index is 1200. The summed E-state index contributed by atoms with van der Waals surface area (Å²) in [4.78, 5) is 25.9. The molecule has 3 N–H and O–H groups in total. The summed E-state index contributed by atoms with van der Waals surface area (Å²) >= 11 is 5.87. The van der Waals surface area contributed by atoms with E-state index in [1.54, 1.807) is 24.3 Å². The zero-order valence-electron chi connectivity index (χ0n) is 17.5. The fourth-order valence-corrected chi connectivity index (χ4v) is 5.11. The molecule has 2 aromatic rings. The molecule has 3 rings (SSSR count). The largest absolute Gasteiger partial charge is 0.389 e. The number of nitrogens with one attached hydrogen (secondary N) is 1. The summed E-state index contributed by atoms with van der Waals surface area (Å²) < 4.78 is 77.2. The number of benzene rings is 2. The van der Waals surface area contributed by atoms with E-state index in [2.05, 4.69) is 5.32 Å². The van der Waals surface area contributed by atoms with Crippen molar-refractivity contribution in [1.29, 1.82) is 0 Å². The molecular formula is C21H20ClF4N3O4S. The highest BCUT2D eigenvalue weighted by molar-refractivity contribution is 7.91. The first-order valence-corrected chi connectivity index (χ1v) is 12.0. The van der Waals surface area contributed by atoms with Gasteiger partial charge in [0.05, 0.1) is 34.5 Å². The molecule has 0 aliphatic carbocycles. The smallest absolute Gasteiger partial charge is 0.352 e. The number of hydrogen-bond acceptors (Lipinski definition) is 5. The van der Waals surface area contributed by atoms with Gasteiger partial charge >= 0.3 is 6.18 Å². The van der Waals surface area contributed by atoms with Crippen molar-refractivity contribution in [1.82, 2.24) is 5.32 Å². The molecule has 7 nitrogen and oxygen atoms in total. The van der Waals surface area contributed by atoms with E-state index in [9.17, 15) is 35.6 Å². The number of carbonyl (C=O) groups excluding carboxylic acids is 2. The molecule has 0 radical (unpaired) electrons. The fraction of sp³-hybridized carbons (Fsp3) is 0.333. The van der Waals surface area contributed by atoms with Crippen LogP contribution in [0.2, 0.25) is 5.02 Å². The van der Waals surface area contributed by atoms with Crippen molar-refractivity contribution in [2.75, 3.05) is 17.2 Å². The van der Waals surface area contributed by atoms with Crippen LogP contribution < -0.4 is 16.0 Å². The number of hydrogen-bond donors (Lipinski definition) is 2. The second-order valence-corrected chi connectivity index (χ2v) is 10.2. The van der Waals surface area contributed by atoms with Crippen LogP contribution in [0.1, 0.15) is 28.8 Å². The molecule has 2 aromatic carbocycles. The maximum Gasteiger partial charge on any atom is 0.389 e. The Morgan fingerprint density at radius 2 is 1.85 bits per heavy atom. The van der Waals surface area contributed by atoms with E-state index in [1.807, 2.05) is 0 Å². The molecule has 0 unspecified atom stereocenters. The fourth-order valence-electron chi connectivity index (χ4n) is 3.42. The molecule has 1 heterocycles. The minimum absolute atomic E-state index is 0.148. The summed E-state index contributed by atoms with van der Waals surface area (Å²) in [5.41, 5.74) is 5.48. The summed E-state index contributed by atoms with van der Waals surface area (Å²) in [7, 11) is -4.20. The van der Waals surface area contributed by atoms with E-state index in [4.69, 9.17) is 17.3 Å². The van der Waals surface area contributed by atoms with Gasteiger partial charge < -0.3 is 16.0 Å². The van der Waals surface area contributed by atoms with Crippen molar-refractivity contribution in [3.63, 3.8) is 0 Å².